The van der Waals surface area contributed by atoms with Crippen molar-refractivity contribution in [3.8, 4) is 6.07 Å². The molecule has 6 heteroatoms. The second-order valence-corrected chi connectivity index (χ2v) is 5.59. The van der Waals surface area contributed by atoms with Crippen molar-refractivity contribution in [2.45, 2.75) is 19.8 Å². The summed E-state index contributed by atoms with van der Waals surface area (Å²) >= 11 is 0. The molecular formula is C17H24N4O2. The third-order valence-electron chi connectivity index (χ3n) is 3.33. The normalized spacial score (nSPS) is 10.2. The third kappa shape index (κ3) is 6.94. The van der Waals surface area contributed by atoms with Crippen LogP contribution >= 0.6 is 0 Å². The molecule has 0 bridgehead atoms. The van der Waals surface area contributed by atoms with Gasteiger partial charge in [0.1, 0.15) is 0 Å². The Balaban J connectivity index is 2.52. The van der Waals surface area contributed by atoms with Gasteiger partial charge in [0.05, 0.1) is 11.6 Å². The highest BCUT2D eigenvalue weighted by molar-refractivity contribution is 5.92. The minimum absolute atomic E-state index is 0.0774. The lowest BCUT2D eigenvalue weighted by Gasteiger charge is -2.21. The fraction of sp³-hybridized carbons (Fsp3) is 0.471. The fourth-order valence-corrected chi connectivity index (χ4v) is 2.14. The van der Waals surface area contributed by atoms with E-state index in [9.17, 15) is 9.59 Å². The molecule has 1 rings (SSSR count). The van der Waals surface area contributed by atoms with Crippen LogP contribution in [0.25, 0.3) is 0 Å². The summed E-state index contributed by atoms with van der Waals surface area (Å²) in [5.41, 5.74) is 1.12. The molecule has 23 heavy (non-hydrogen) atoms. The first kappa shape index (κ1) is 18.7. The van der Waals surface area contributed by atoms with Gasteiger partial charge in [-0.2, -0.15) is 5.26 Å². The average Bonchev–Trinajstić information content (AvgIpc) is 2.51. The molecule has 124 valence electrons. The summed E-state index contributed by atoms with van der Waals surface area (Å²) in [7, 11) is 3.98. The standard InChI is InChI=1S/C17H24N4O2/c1-14(22)21(16-7-4-6-15(12-16)13-18)11-8-17(23)19-9-5-10-20(2)3/h4,6-7,12H,5,8-11H2,1-3H3,(H,19,23). The van der Waals surface area contributed by atoms with Crippen LogP contribution in [0.5, 0.6) is 0 Å². The van der Waals surface area contributed by atoms with Gasteiger partial charge < -0.3 is 15.1 Å². The zero-order chi connectivity index (χ0) is 17.2. The maximum absolute atomic E-state index is 11.9. The number of hydrogen-bond acceptors (Lipinski definition) is 4. The van der Waals surface area contributed by atoms with Crippen LogP contribution in [0.3, 0.4) is 0 Å². The van der Waals surface area contributed by atoms with Gasteiger partial charge in [-0.05, 0) is 45.3 Å². The van der Waals surface area contributed by atoms with E-state index in [1.165, 1.54) is 11.8 Å². The minimum Gasteiger partial charge on any atom is -0.356 e. The quantitative estimate of drug-likeness (QED) is 0.735. The first-order chi connectivity index (χ1) is 10.9. The molecular weight excluding hydrogens is 292 g/mol. The number of carbonyl (C=O) groups is 2. The molecule has 2 amide bonds. The van der Waals surface area contributed by atoms with Crippen molar-refractivity contribution >= 4 is 17.5 Å². The molecule has 0 aromatic heterocycles. The lowest BCUT2D eigenvalue weighted by atomic mass is 10.2. The van der Waals surface area contributed by atoms with E-state index in [0.717, 1.165) is 13.0 Å². The molecule has 0 radical (unpaired) electrons. The van der Waals surface area contributed by atoms with E-state index >= 15 is 0 Å². The van der Waals surface area contributed by atoms with Crippen molar-refractivity contribution in [3.05, 3.63) is 29.8 Å². The second-order valence-electron chi connectivity index (χ2n) is 5.59. The molecule has 0 saturated heterocycles. The lowest BCUT2D eigenvalue weighted by Crippen LogP contribution is -2.34. The predicted molar refractivity (Wildman–Crippen MR) is 90.0 cm³/mol. The van der Waals surface area contributed by atoms with E-state index in [1.54, 1.807) is 24.3 Å². The smallest absolute Gasteiger partial charge is 0.223 e. The lowest BCUT2D eigenvalue weighted by molar-refractivity contribution is -0.121. The number of amides is 2. The van der Waals surface area contributed by atoms with Gasteiger partial charge in [-0.3, -0.25) is 9.59 Å². The van der Waals surface area contributed by atoms with Crippen molar-refractivity contribution in [2.24, 2.45) is 0 Å². The monoisotopic (exact) mass is 316 g/mol. The van der Waals surface area contributed by atoms with Gasteiger partial charge in [0.15, 0.2) is 0 Å². The van der Waals surface area contributed by atoms with Gasteiger partial charge in [-0.25, -0.2) is 0 Å². The third-order valence-corrected chi connectivity index (χ3v) is 3.33. The molecule has 0 aliphatic rings. The maximum Gasteiger partial charge on any atom is 0.223 e. The van der Waals surface area contributed by atoms with Crippen LogP contribution in [-0.2, 0) is 9.59 Å². The first-order valence-electron chi connectivity index (χ1n) is 7.63. The number of nitrogens with one attached hydrogen (secondary N) is 1. The highest BCUT2D eigenvalue weighted by Crippen LogP contribution is 2.16. The minimum atomic E-state index is -0.152. The maximum atomic E-state index is 11.9. The van der Waals surface area contributed by atoms with Gasteiger partial charge in [0.25, 0.3) is 0 Å². The number of hydrogen-bond donors (Lipinski definition) is 1. The molecule has 1 aromatic carbocycles. The summed E-state index contributed by atoms with van der Waals surface area (Å²) in [6.45, 7) is 3.29. The van der Waals surface area contributed by atoms with E-state index in [4.69, 9.17) is 5.26 Å². The van der Waals surface area contributed by atoms with Gasteiger partial charge in [0, 0.05) is 32.1 Å². The van der Waals surface area contributed by atoms with Crippen LogP contribution in [0.1, 0.15) is 25.3 Å². The molecule has 0 heterocycles. The van der Waals surface area contributed by atoms with E-state index in [-0.39, 0.29) is 18.2 Å². The molecule has 0 fully saturated rings. The second kappa shape index (κ2) is 9.59. The number of anilines is 1. The zero-order valence-electron chi connectivity index (χ0n) is 14.0. The Morgan fingerprint density at radius 2 is 2.00 bits per heavy atom. The first-order valence-corrected chi connectivity index (χ1v) is 7.63. The SMILES string of the molecule is CC(=O)N(CCC(=O)NCCCN(C)C)c1cccc(C#N)c1. The van der Waals surface area contributed by atoms with E-state index < -0.39 is 0 Å². The summed E-state index contributed by atoms with van der Waals surface area (Å²) in [4.78, 5) is 27.2. The molecule has 0 spiro atoms. The number of benzene rings is 1. The molecule has 0 atom stereocenters. The summed E-state index contributed by atoms with van der Waals surface area (Å²) in [6, 6.07) is 8.87. The van der Waals surface area contributed by atoms with Crippen LogP contribution < -0.4 is 10.2 Å². The molecule has 1 N–H and O–H groups in total. The molecule has 6 nitrogen and oxygen atoms in total. The van der Waals surface area contributed by atoms with Crippen molar-refractivity contribution in [1.82, 2.24) is 10.2 Å². The van der Waals surface area contributed by atoms with Gasteiger partial charge in [0.2, 0.25) is 11.8 Å². The van der Waals surface area contributed by atoms with Crippen LogP contribution in [0, 0.1) is 11.3 Å². The number of rotatable bonds is 8. The van der Waals surface area contributed by atoms with Crippen LogP contribution in [-0.4, -0.2) is 50.4 Å². The molecule has 0 unspecified atom stereocenters. The summed E-state index contributed by atoms with van der Waals surface area (Å²) in [6.07, 6.45) is 1.12. The van der Waals surface area contributed by atoms with E-state index in [1.807, 2.05) is 20.2 Å². The Hall–Kier alpha value is -2.39. The Labute approximate surface area is 137 Å². The zero-order valence-corrected chi connectivity index (χ0v) is 14.0. The molecule has 0 saturated carbocycles. The van der Waals surface area contributed by atoms with Gasteiger partial charge >= 0.3 is 0 Å². The van der Waals surface area contributed by atoms with Crippen molar-refractivity contribution < 1.29 is 9.59 Å². The Kier molecular flexibility index (Phi) is 7.78. The van der Waals surface area contributed by atoms with Crippen molar-refractivity contribution in [2.75, 3.05) is 38.6 Å². The number of nitriles is 1. The van der Waals surface area contributed by atoms with E-state index in [0.29, 0.717) is 24.3 Å². The summed E-state index contributed by atoms with van der Waals surface area (Å²) in [5.74, 6) is -0.230. The largest absolute Gasteiger partial charge is 0.356 e. The summed E-state index contributed by atoms with van der Waals surface area (Å²) in [5, 5.41) is 11.8. The average molecular weight is 316 g/mol. The number of carbonyl (C=O) groups excluding carboxylic acids is 2. The Morgan fingerprint density at radius 3 is 2.61 bits per heavy atom. The molecule has 1 aromatic rings. The van der Waals surface area contributed by atoms with Crippen LogP contribution in [0.2, 0.25) is 0 Å². The highest BCUT2D eigenvalue weighted by atomic mass is 16.2. The van der Waals surface area contributed by atoms with Gasteiger partial charge in [-0.15, -0.1) is 0 Å². The highest BCUT2D eigenvalue weighted by Gasteiger charge is 2.13. The molecule has 0 aliphatic carbocycles. The van der Waals surface area contributed by atoms with Crippen LogP contribution in [0.4, 0.5) is 5.69 Å². The van der Waals surface area contributed by atoms with Gasteiger partial charge in [-0.1, -0.05) is 6.07 Å². The molecule has 0 aliphatic heterocycles. The van der Waals surface area contributed by atoms with Crippen molar-refractivity contribution in [1.29, 1.82) is 5.26 Å². The summed E-state index contributed by atoms with van der Waals surface area (Å²) < 4.78 is 0. The predicted octanol–water partition coefficient (Wildman–Crippen LogP) is 1.37. The van der Waals surface area contributed by atoms with E-state index in [2.05, 4.69) is 10.2 Å². The Morgan fingerprint density at radius 1 is 1.26 bits per heavy atom. The Bertz CT molecular complexity index is 578. The fourth-order valence-electron chi connectivity index (χ4n) is 2.14. The topological polar surface area (TPSA) is 76.4 Å². The van der Waals surface area contributed by atoms with Crippen molar-refractivity contribution in [3.63, 3.8) is 0 Å². The number of nitrogens with zero attached hydrogens (tertiary/aromatic N) is 3. The van der Waals surface area contributed by atoms with Crippen LogP contribution in [0.15, 0.2) is 24.3 Å².